The minimum atomic E-state index is -2.05. The second-order valence-corrected chi connectivity index (χ2v) is 38.3. The third-order valence-electron chi connectivity index (χ3n) is 14.7. The van der Waals surface area contributed by atoms with Gasteiger partial charge in [-0.05, 0) is 66.4 Å². The van der Waals surface area contributed by atoms with Gasteiger partial charge in [0.05, 0.1) is 11.2 Å². The van der Waals surface area contributed by atoms with Crippen LogP contribution in [0.4, 0.5) is 0 Å². The van der Waals surface area contributed by atoms with Crippen molar-refractivity contribution in [3.05, 3.63) is 181 Å². The summed E-state index contributed by atoms with van der Waals surface area (Å²) in [4.78, 5) is 0. The molecule has 0 spiro atoms. The fraction of sp³-hybridized carbons (Fsp3) is 0.354. The SMILES string of the molecule is CC(C)(C)OCCCCCC[Si](C)([c-]1ccc2ccccc21)[c-]1c(Cc2ccccc2)cc2ccccc21.CC(C)(C)OCCCCCC[Si](C)([c-]1ccc2ccccc21)[c-]1ccc2ccccc21.[Cl][Zr+2][Cl].[Cl][Zr+2][Cl]. The number of rotatable bonds is 20. The zero-order chi connectivity index (χ0) is 53.9. The van der Waals surface area contributed by atoms with Crippen LogP contribution in [-0.2, 0) is 57.6 Å². The molecule has 0 aliphatic heterocycles. The zero-order valence-corrected chi connectivity index (χ0v) is 55.6. The van der Waals surface area contributed by atoms with Crippen molar-refractivity contribution in [3.63, 3.8) is 0 Å². The van der Waals surface area contributed by atoms with Crippen LogP contribution in [0.3, 0.4) is 0 Å². The Morgan fingerprint density at radius 3 is 1.19 bits per heavy atom. The second-order valence-electron chi connectivity index (χ2n) is 22.4. The molecule has 75 heavy (non-hydrogen) atoms. The van der Waals surface area contributed by atoms with Crippen LogP contribution in [0.25, 0.3) is 43.1 Å². The molecule has 0 N–H and O–H groups in total. The Bertz CT molecular complexity index is 2990. The predicted octanol–water partition coefficient (Wildman–Crippen LogP) is 18.3. The van der Waals surface area contributed by atoms with Crippen LogP contribution >= 0.6 is 34.1 Å². The van der Waals surface area contributed by atoms with Gasteiger partial charge in [0, 0.05) is 29.4 Å². The summed E-state index contributed by atoms with van der Waals surface area (Å²) in [5.41, 5.74) is 2.85. The summed E-state index contributed by atoms with van der Waals surface area (Å²) >= 11 is -1.65. The van der Waals surface area contributed by atoms with Gasteiger partial charge in [0.15, 0.2) is 0 Å². The van der Waals surface area contributed by atoms with Gasteiger partial charge in [-0.1, -0.05) is 118 Å². The molecule has 1 atom stereocenters. The molecule has 0 fully saturated rings. The van der Waals surface area contributed by atoms with Crippen molar-refractivity contribution in [1.29, 1.82) is 0 Å². The number of halogens is 4. The van der Waals surface area contributed by atoms with E-state index in [2.05, 4.69) is 224 Å². The zero-order valence-electron chi connectivity index (χ0n) is 45.7. The van der Waals surface area contributed by atoms with Gasteiger partial charge in [-0.3, -0.25) is 0 Å². The van der Waals surface area contributed by atoms with Gasteiger partial charge in [0.1, 0.15) is 0 Å². The number of fused-ring (bicyclic) bond motifs is 4. The predicted molar refractivity (Wildman–Crippen MR) is 331 cm³/mol. The summed E-state index contributed by atoms with van der Waals surface area (Å²) < 4.78 is 11.9. The molecule has 0 bridgehead atoms. The first-order chi connectivity index (χ1) is 36.1. The van der Waals surface area contributed by atoms with Crippen molar-refractivity contribution in [2.75, 3.05) is 13.2 Å². The fourth-order valence-electron chi connectivity index (χ4n) is 11.2. The van der Waals surface area contributed by atoms with Crippen molar-refractivity contribution in [1.82, 2.24) is 0 Å². The number of ether oxygens (including phenoxy) is 2. The molecule has 0 saturated carbocycles. The average Bonchev–Trinajstić information content (AvgIpc) is 4.21. The third kappa shape index (κ3) is 17.7. The van der Waals surface area contributed by atoms with E-state index in [1.807, 2.05) is 0 Å². The van der Waals surface area contributed by atoms with Gasteiger partial charge < -0.3 is 9.47 Å². The third-order valence-corrected chi connectivity index (χ3v) is 24.0. The Morgan fingerprint density at radius 1 is 0.413 bits per heavy atom. The molecule has 394 valence electrons. The fourth-order valence-corrected chi connectivity index (χ4v) is 20.3. The van der Waals surface area contributed by atoms with Crippen LogP contribution in [0.2, 0.25) is 25.2 Å². The summed E-state index contributed by atoms with van der Waals surface area (Å²) in [5.74, 6) is 0. The molecule has 0 heterocycles. The average molecular weight is 1270 g/mol. The Hall–Kier alpha value is -2.18. The molecule has 0 amide bonds. The number of hydrogen-bond acceptors (Lipinski definition) is 2. The summed E-state index contributed by atoms with van der Waals surface area (Å²) in [6.45, 7) is 19.8. The molecule has 0 aliphatic carbocycles. The first kappa shape index (κ1) is 62.0. The molecule has 1 unspecified atom stereocenters. The Kier molecular flexibility index (Phi) is 25.2. The van der Waals surface area contributed by atoms with E-state index in [1.54, 1.807) is 20.7 Å². The number of hydrogen-bond donors (Lipinski definition) is 0. The quantitative estimate of drug-likeness (QED) is 0.0430. The van der Waals surface area contributed by atoms with Crippen molar-refractivity contribution >= 4 is 114 Å². The van der Waals surface area contributed by atoms with Gasteiger partial charge in [-0.25, -0.2) is 0 Å². The van der Waals surface area contributed by atoms with Crippen LogP contribution in [0.5, 0.6) is 0 Å². The number of benzene rings is 5. The van der Waals surface area contributed by atoms with Gasteiger partial charge in [0.2, 0.25) is 0 Å². The van der Waals surface area contributed by atoms with Crippen LogP contribution < -0.4 is 20.7 Å². The Morgan fingerprint density at radius 2 is 0.760 bits per heavy atom. The summed E-state index contributed by atoms with van der Waals surface area (Å²) in [6, 6.07) is 66.3. The van der Waals surface area contributed by atoms with Crippen molar-refractivity contribution < 1.29 is 51.2 Å². The van der Waals surface area contributed by atoms with E-state index in [-0.39, 0.29) is 11.2 Å². The van der Waals surface area contributed by atoms with Gasteiger partial charge in [-0.2, -0.15) is 42.5 Å². The molecular weight excluding hydrogens is 1190 g/mol. The molecule has 0 saturated heterocycles. The van der Waals surface area contributed by atoms with E-state index in [0.29, 0.717) is 0 Å². The van der Waals surface area contributed by atoms with Crippen molar-refractivity contribution in [3.8, 4) is 0 Å². The molecular formula is C65H78Cl4O2Si2Zr2. The van der Waals surface area contributed by atoms with E-state index in [0.717, 1.165) is 32.5 Å². The van der Waals surface area contributed by atoms with Crippen LogP contribution in [0.1, 0.15) is 104 Å². The monoisotopic (exact) mass is 1270 g/mol. The molecule has 10 heteroatoms. The summed E-state index contributed by atoms with van der Waals surface area (Å²) in [7, 11) is 15.8. The summed E-state index contributed by atoms with van der Waals surface area (Å²) in [5, 5.41) is 17.8. The number of unbranched alkanes of at least 4 members (excludes halogenated alkanes) is 6. The summed E-state index contributed by atoms with van der Waals surface area (Å²) in [6.07, 6.45) is 10.9. The van der Waals surface area contributed by atoms with Gasteiger partial charge >= 0.3 is 75.7 Å². The van der Waals surface area contributed by atoms with E-state index in [4.69, 9.17) is 43.5 Å². The Labute approximate surface area is 490 Å². The molecule has 9 aromatic rings. The maximum absolute atomic E-state index is 5.97. The van der Waals surface area contributed by atoms with E-state index >= 15 is 0 Å². The molecule has 0 aromatic heterocycles. The molecule has 2 nitrogen and oxygen atoms in total. The first-order valence-corrected chi connectivity index (χ1v) is 45.0. The standard InChI is InChI=1S/C36H42OSi.C29H36OSi.4ClH.2Zr/c1-36(2,3)37-24-14-5-6-15-25-38(4,34-23-22-29-18-10-12-20-32(29)34)35-31(26-28-16-8-7-9-17-28)27-30-19-11-13-21-33(30)35;1-29(2,3)30-21-11-5-6-12-22-31(4,27-19-17-23-13-7-9-15-25(23)27)28-20-18-24-14-8-10-16-26(24)28;;;;;;/h7-13,16-23,27H,5-6,14-15,24-26H2,1-4H3;7-10,13-20H,5-6,11-12,21-22H2,1-4H3;4*1H;;/q2*-2;;;;;2*+4/p-4. The van der Waals surface area contributed by atoms with Gasteiger partial charge in [0.25, 0.3) is 0 Å². The maximum atomic E-state index is 5.97. The van der Waals surface area contributed by atoms with E-state index in [9.17, 15) is 0 Å². The first-order valence-electron chi connectivity index (χ1n) is 26.9. The topological polar surface area (TPSA) is 18.5 Å². The molecule has 9 aromatic carbocycles. The minimum absolute atomic E-state index is 0.0246. The second kappa shape index (κ2) is 30.4. The van der Waals surface area contributed by atoms with Gasteiger partial charge in [-0.15, -0.1) is 142 Å². The van der Waals surface area contributed by atoms with E-state index in [1.165, 1.54) is 105 Å². The van der Waals surface area contributed by atoms with Crippen LogP contribution in [0.15, 0.2) is 170 Å². The molecule has 0 radical (unpaired) electrons. The molecule has 0 aliphatic rings. The normalized spacial score (nSPS) is 12.5. The van der Waals surface area contributed by atoms with E-state index < -0.39 is 57.8 Å². The molecule has 9 rings (SSSR count). The Balaban J connectivity index is 0.000000224. The van der Waals surface area contributed by atoms with Crippen molar-refractivity contribution in [2.45, 2.75) is 136 Å². The van der Waals surface area contributed by atoms with Crippen molar-refractivity contribution in [2.24, 2.45) is 0 Å². The van der Waals surface area contributed by atoms with Crippen LogP contribution in [0, 0.1) is 0 Å². The van der Waals surface area contributed by atoms with Crippen LogP contribution in [-0.4, -0.2) is 40.6 Å².